The molecular formula is C12H13NO3. The number of hydrogen-bond acceptors (Lipinski definition) is 3. The number of carbonyl (C=O) groups excluding carboxylic acids is 1. The molecule has 0 bridgehead atoms. The minimum atomic E-state index is -0.894. The van der Waals surface area contributed by atoms with Gasteiger partial charge in [-0.1, -0.05) is 30.3 Å². The summed E-state index contributed by atoms with van der Waals surface area (Å²) < 4.78 is 10.6. The van der Waals surface area contributed by atoms with Gasteiger partial charge < -0.3 is 9.47 Å². The maximum atomic E-state index is 11.2. The molecule has 1 aromatic carbocycles. The number of carbonyl (C=O) groups is 1. The molecule has 4 heteroatoms. The Kier molecular flexibility index (Phi) is 2.64. The summed E-state index contributed by atoms with van der Waals surface area (Å²) in [5, 5.41) is 0. The molecular weight excluding hydrogens is 206 g/mol. The van der Waals surface area contributed by atoms with Gasteiger partial charge in [0.25, 0.3) is 0 Å². The third-order valence-electron chi connectivity index (χ3n) is 2.50. The van der Waals surface area contributed by atoms with Crippen LogP contribution in [0.15, 0.2) is 35.3 Å². The lowest BCUT2D eigenvalue weighted by atomic mass is 9.96. The predicted octanol–water partition coefficient (Wildman–Crippen LogP) is 2.49. The highest BCUT2D eigenvalue weighted by molar-refractivity contribution is 5.99. The molecule has 1 amide bonds. The first-order valence-electron chi connectivity index (χ1n) is 5.17. The van der Waals surface area contributed by atoms with Crippen LogP contribution in [0.4, 0.5) is 4.79 Å². The Balaban J connectivity index is 2.38. The molecule has 0 fully saturated rings. The predicted molar refractivity (Wildman–Crippen MR) is 59.3 cm³/mol. The van der Waals surface area contributed by atoms with E-state index in [-0.39, 0.29) is 0 Å². The van der Waals surface area contributed by atoms with E-state index in [9.17, 15) is 4.79 Å². The molecule has 2 rings (SSSR count). The molecule has 0 spiro atoms. The molecule has 0 aromatic heterocycles. The summed E-state index contributed by atoms with van der Waals surface area (Å²) in [5.41, 5.74) is -0.0398. The van der Waals surface area contributed by atoms with Crippen LogP contribution in [0, 0.1) is 0 Å². The second-order valence-electron chi connectivity index (χ2n) is 3.62. The van der Waals surface area contributed by atoms with Crippen molar-refractivity contribution >= 4 is 12.0 Å². The lowest BCUT2D eigenvalue weighted by Crippen LogP contribution is -2.33. The quantitative estimate of drug-likeness (QED) is 0.767. The highest BCUT2D eigenvalue weighted by Crippen LogP contribution is 2.32. The molecule has 16 heavy (non-hydrogen) atoms. The maximum absolute atomic E-state index is 11.2. The number of rotatable bonds is 2. The average Bonchev–Trinajstić information content (AvgIpc) is 2.57. The topological polar surface area (TPSA) is 47.9 Å². The molecule has 0 saturated heterocycles. The Morgan fingerprint density at radius 3 is 2.69 bits per heavy atom. The Bertz CT molecular complexity index is 427. The molecule has 1 aliphatic heterocycles. The van der Waals surface area contributed by atoms with Crippen LogP contribution in [-0.2, 0) is 15.1 Å². The molecule has 1 aliphatic rings. The Morgan fingerprint density at radius 1 is 1.38 bits per heavy atom. The molecule has 1 atom stereocenters. The highest BCUT2D eigenvalue weighted by atomic mass is 16.6. The molecule has 0 N–H and O–H groups in total. The van der Waals surface area contributed by atoms with Crippen molar-refractivity contribution in [3.63, 3.8) is 0 Å². The van der Waals surface area contributed by atoms with Gasteiger partial charge in [-0.15, -0.1) is 4.99 Å². The standard InChI is InChI=1S/C12H13NO3/c1-3-15-10-12(2,16-11(14)13-10)9-7-5-4-6-8-9/h4-8H,3H2,1-2H3. The first-order chi connectivity index (χ1) is 7.66. The lowest BCUT2D eigenvalue weighted by molar-refractivity contribution is 0.0781. The van der Waals surface area contributed by atoms with Crippen LogP contribution in [0.3, 0.4) is 0 Å². The monoisotopic (exact) mass is 219 g/mol. The van der Waals surface area contributed by atoms with Gasteiger partial charge in [0.05, 0.1) is 6.61 Å². The van der Waals surface area contributed by atoms with Crippen molar-refractivity contribution in [3.8, 4) is 0 Å². The molecule has 84 valence electrons. The van der Waals surface area contributed by atoms with Crippen molar-refractivity contribution in [2.24, 2.45) is 4.99 Å². The largest absolute Gasteiger partial charge is 0.478 e. The Labute approximate surface area is 93.9 Å². The molecule has 0 saturated carbocycles. The van der Waals surface area contributed by atoms with E-state index in [1.165, 1.54) is 0 Å². The number of aliphatic imine (C=N–C) groups is 1. The zero-order valence-corrected chi connectivity index (χ0v) is 9.27. The van der Waals surface area contributed by atoms with Gasteiger partial charge in [0.2, 0.25) is 11.5 Å². The molecule has 1 unspecified atom stereocenters. The smallest absolute Gasteiger partial charge is 0.438 e. The van der Waals surface area contributed by atoms with E-state index in [1.54, 1.807) is 6.92 Å². The number of hydrogen-bond donors (Lipinski definition) is 0. The van der Waals surface area contributed by atoms with Crippen molar-refractivity contribution in [3.05, 3.63) is 35.9 Å². The van der Waals surface area contributed by atoms with E-state index in [1.807, 2.05) is 37.3 Å². The number of amides is 1. The van der Waals surface area contributed by atoms with Crippen LogP contribution < -0.4 is 0 Å². The van der Waals surface area contributed by atoms with Gasteiger partial charge in [0.15, 0.2) is 0 Å². The third kappa shape index (κ3) is 1.66. The van der Waals surface area contributed by atoms with Gasteiger partial charge in [-0.05, 0) is 13.8 Å². The van der Waals surface area contributed by atoms with Crippen LogP contribution in [0.2, 0.25) is 0 Å². The number of nitrogens with zero attached hydrogens (tertiary/aromatic N) is 1. The van der Waals surface area contributed by atoms with Gasteiger partial charge in [-0.3, -0.25) is 0 Å². The number of cyclic esters (lactones) is 1. The summed E-state index contributed by atoms with van der Waals surface area (Å²) in [6.45, 7) is 4.08. The first-order valence-corrected chi connectivity index (χ1v) is 5.17. The van der Waals surface area contributed by atoms with E-state index in [0.29, 0.717) is 12.5 Å². The van der Waals surface area contributed by atoms with Crippen molar-refractivity contribution in [2.45, 2.75) is 19.4 Å². The van der Waals surface area contributed by atoms with Crippen molar-refractivity contribution in [2.75, 3.05) is 6.61 Å². The summed E-state index contributed by atoms with van der Waals surface area (Å²) in [4.78, 5) is 15.0. The fourth-order valence-corrected chi connectivity index (χ4v) is 1.68. The maximum Gasteiger partial charge on any atom is 0.438 e. The Hall–Kier alpha value is -1.84. The number of benzene rings is 1. The summed E-state index contributed by atoms with van der Waals surface area (Å²) >= 11 is 0. The van der Waals surface area contributed by atoms with Gasteiger partial charge >= 0.3 is 6.09 Å². The summed E-state index contributed by atoms with van der Waals surface area (Å²) in [6.07, 6.45) is -0.602. The second kappa shape index (κ2) is 3.96. The van der Waals surface area contributed by atoms with Crippen molar-refractivity contribution < 1.29 is 14.3 Å². The van der Waals surface area contributed by atoms with Crippen LogP contribution >= 0.6 is 0 Å². The van der Waals surface area contributed by atoms with Crippen LogP contribution in [0.1, 0.15) is 19.4 Å². The summed E-state index contributed by atoms with van der Waals surface area (Å²) in [5.74, 6) is 0.325. The van der Waals surface area contributed by atoms with E-state index in [4.69, 9.17) is 9.47 Å². The fourth-order valence-electron chi connectivity index (χ4n) is 1.68. The molecule has 1 aromatic rings. The van der Waals surface area contributed by atoms with E-state index < -0.39 is 11.7 Å². The van der Waals surface area contributed by atoms with Gasteiger partial charge in [-0.25, -0.2) is 4.79 Å². The van der Waals surface area contributed by atoms with E-state index in [2.05, 4.69) is 4.99 Å². The minimum Gasteiger partial charge on any atom is -0.478 e. The highest BCUT2D eigenvalue weighted by Gasteiger charge is 2.44. The van der Waals surface area contributed by atoms with Crippen LogP contribution in [0.25, 0.3) is 0 Å². The van der Waals surface area contributed by atoms with E-state index in [0.717, 1.165) is 5.56 Å². The Morgan fingerprint density at radius 2 is 2.06 bits per heavy atom. The minimum absolute atomic E-state index is 0.325. The van der Waals surface area contributed by atoms with Crippen molar-refractivity contribution in [1.29, 1.82) is 0 Å². The molecule has 4 nitrogen and oxygen atoms in total. The summed E-state index contributed by atoms with van der Waals surface area (Å²) in [6, 6.07) is 9.44. The summed E-state index contributed by atoms with van der Waals surface area (Å²) in [7, 11) is 0. The first kappa shape index (κ1) is 10.7. The van der Waals surface area contributed by atoms with Crippen LogP contribution in [-0.4, -0.2) is 18.6 Å². The average molecular weight is 219 g/mol. The van der Waals surface area contributed by atoms with E-state index >= 15 is 0 Å². The molecule has 0 radical (unpaired) electrons. The van der Waals surface area contributed by atoms with Crippen LogP contribution in [0.5, 0.6) is 0 Å². The third-order valence-corrected chi connectivity index (χ3v) is 2.50. The van der Waals surface area contributed by atoms with Gasteiger partial charge in [-0.2, -0.15) is 0 Å². The zero-order valence-electron chi connectivity index (χ0n) is 9.27. The normalized spacial score (nSPS) is 23.9. The number of ether oxygens (including phenoxy) is 2. The molecule has 1 heterocycles. The fraction of sp³-hybridized carbons (Fsp3) is 0.333. The second-order valence-corrected chi connectivity index (χ2v) is 3.62. The van der Waals surface area contributed by atoms with Crippen molar-refractivity contribution in [1.82, 2.24) is 0 Å². The molecule has 0 aliphatic carbocycles. The zero-order chi connectivity index (χ0) is 11.6. The lowest BCUT2D eigenvalue weighted by Gasteiger charge is -2.24. The SMILES string of the molecule is CCOC1=NC(=O)OC1(C)c1ccccc1. The van der Waals surface area contributed by atoms with Gasteiger partial charge in [0.1, 0.15) is 0 Å². The van der Waals surface area contributed by atoms with Gasteiger partial charge in [0, 0.05) is 5.56 Å².